The number of benzene rings is 1. The Hall–Kier alpha value is -1.56. The molecule has 0 bridgehead atoms. The quantitative estimate of drug-likeness (QED) is 0.749. The van der Waals surface area contributed by atoms with Crippen LogP contribution in [0.15, 0.2) is 35.0 Å². The monoisotopic (exact) mass is 385 g/mol. The first kappa shape index (κ1) is 18.8. The van der Waals surface area contributed by atoms with Crippen molar-refractivity contribution in [2.75, 3.05) is 0 Å². The Balaban J connectivity index is 1.89. The molecule has 1 amide bonds. The molecule has 0 saturated heterocycles. The smallest absolute Gasteiger partial charge is 0.311 e. The van der Waals surface area contributed by atoms with Crippen LogP contribution < -0.4 is 5.32 Å². The van der Waals surface area contributed by atoms with Crippen LogP contribution in [-0.2, 0) is 20.7 Å². The molecule has 2 rings (SSSR count). The molecule has 0 radical (unpaired) electrons. The van der Waals surface area contributed by atoms with Crippen LogP contribution in [0.2, 0.25) is 10.0 Å². The number of hydrogen-bond donors (Lipinski definition) is 1. The lowest BCUT2D eigenvalue weighted by Crippen LogP contribution is -2.37. The van der Waals surface area contributed by atoms with Gasteiger partial charge in [0.05, 0.1) is 12.5 Å². The summed E-state index contributed by atoms with van der Waals surface area (Å²) < 4.78 is 5.17. The van der Waals surface area contributed by atoms with Crippen LogP contribution in [0.3, 0.4) is 0 Å². The first-order valence-electron chi connectivity index (χ1n) is 7.32. The van der Waals surface area contributed by atoms with E-state index in [9.17, 15) is 9.59 Å². The number of ether oxygens (including phenoxy) is 1. The highest BCUT2D eigenvalue weighted by Crippen LogP contribution is 2.26. The highest BCUT2D eigenvalue weighted by atomic mass is 35.5. The van der Waals surface area contributed by atoms with E-state index in [0.29, 0.717) is 10.0 Å². The Morgan fingerprint density at radius 3 is 2.62 bits per heavy atom. The van der Waals surface area contributed by atoms with Gasteiger partial charge in [-0.3, -0.25) is 9.59 Å². The predicted octanol–water partition coefficient (Wildman–Crippen LogP) is 4.41. The van der Waals surface area contributed by atoms with Crippen molar-refractivity contribution in [3.8, 4) is 0 Å². The first-order chi connectivity index (χ1) is 11.4. The zero-order valence-corrected chi connectivity index (χ0v) is 15.5. The Bertz CT molecular complexity index is 719. The lowest BCUT2D eigenvalue weighted by molar-refractivity contribution is -0.154. The number of carbonyl (C=O) groups excluding carboxylic acids is 2. The van der Waals surface area contributed by atoms with Crippen LogP contribution in [0.4, 0.5) is 0 Å². The summed E-state index contributed by atoms with van der Waals surface area (Å²) in [6, 6.07) is 6.59. The van der Waals surface area contributed by atoms with E-state index >= 15 is 0 Å². The summed E-state index contributed by atoms with van der Waals surface area (Å²) in [4.78, 5) is 24.0. The fourth-order valence-corrected chi connectivity index (χ4v) is 3.35. The molecule has 0 unspecified atom stereocenters. The molecule has 1 N–H and O–H groups in total. The summed E-state index contributed by atoms with van der Waals surface area (Å²) in [5.74, 6) is -0.819. The van der Waals surface area contributed by atoms with Crippen molar-refractivity contribution < 1.29 is 14.3 Å². The average Bonchev–Trinajstić information content (AvgIpc) is 2.99. The molecule has 7 heteroatoms. The second kappa shape index (κ2) is 8.51. The van der Waals surface area contributed by atoms with E-state index in [1.54, 1.807) is 25.1 Å². The van der Waals surface area contributed by atoms with Gasteiger partial charge in [0.15, 0.2) is 6.10 Å². The van der Waals surface area contributed by atoms with Gasteiger partial charge >= 0.3 is 5.97 Å². The van der Waals surface area contributed by atoms with Gasteiger partial charge in [-0.15, -0.1) is 0 Å². The number of thiophene rings is 1. The average molecular weight is 386 g/mol. The fourth-order valence-electron chi connectivity index (χ4n) is 2.11. The second-order valence-electron chi connectivity index (χ2n) is 5.34. The highest BCUT2D eigenvalue weighted by molar-refractivity contribution is 7.08. The van der Waals surface area contributed by atoms with Gasteiger partial charge in [0.2, 0.25) is 0 Å². The van der Waals surface area contributed by atoms with Gasteiger partial charge in [0.1, 0.15) is 0 Å². The number of hydrogen-bond acceptors (Lipinski definition) is 4. The summed E-state index contributed by atoms with van der Waals surface area (Å²) in [5.41, 5.74) is 1.62. The van der Waals surface area contributed by atoms with Crippen LogP contribution in [0, 0.1) is 0 Å². The van der Waals surface area contributed by atoms with Crippen molar-refractivity contribution in [2.45, 2.75) is 32.4 Å². The van der Waals surface area contributed by atoms with Crippen molar-refractivity contribution >= 4 is 46.4 Å². The van der Waals surface area contributed by atoms with Gasteiger partial charge < -0.3 is 10.1 Å². The van der Waals surface area contributed by atoms with E-state index in [1.807, 2.05) is 16.8 Å². The third-order valence-corrected chi connectivity index (χ3v) is 4.69. The molecule has 128 valence electrons. The van der Waals surface area contributed by atoms with E-state index in [1.165, 1.54) is 18.3 Å². The van der Waals surface area contributed by atoms with Gasteiger partial charge in [0.25, 0.3) is 5.91 Å². The Morgan fingerprint density at radius 1 is 1.25 bits per heavy atom. The molecule has 24 heavy (non-hydrogen) atoms. The van der Waals surface area contributed by atoms with E-state index in [4.69, 9.17) is 27.9 Å². The molecule has 0 aliphatic heterocycles. The van der Waals surface area contributed by atoms with Crippen molar-refractivity contribution in [1.29, 1.82) is 0 Å². The molecule has 1 aromatic carbocycles. The fraction of sp³-hybridized carbons (Fsp3) is 0.294. The molecule has 0 aliphatic rings. The summed E-state index contributed by atoms with van der Waals surface area (Å²) in [5, 5.41) is 7.53. The largest absolute Gasteiger partial charge is 0.452 e. The maximum Gasteiger partial charge on any atom is 0.311 e. The molecular formula is C17H17Cl2NO3S. The van der Waals surface area contributed by atoms with Crippen LogP contribution >= 0.6 is 34.5 Å². The van der Waals surface area contributed by atoms with Crippen molar-refractivity contribution in [1.82, 2.24) is 5.32 Å². The van der Waals surface area contributed by atoms with E-state index in [2.05, 4.69) is 5.32 Å². The molecule has 4 nitrogen and oxygen atoms in total. The number of amides is 1. The Kier molecular flexibility index (Phi) is 6.66. The summed E-state index contributed by atoms with van der Waals surface area (Å²) >= 11 is 13.5. The minimum atomic E-state index is -0.885. The molecule has 2 atom stereocenters. The van der Waals surface area contributed by atoms with Crippen LogP contribution in [0.1, 0.15) is 31.0 Å². The van der Waals surface area contributed by atoms with Gasteiger partial charge in [0, 0.05) is 10.0 Å². The van der Waals surface area contributed by atoms with Gasteiger partial charge in [-0.05, 0) is 53.9 Å². The summed E-state index contributed by atoms with van der Waals surface area (Å²) in [6.45, 7) is 3.34. The molecule has 0 fully saturated rings. The van der Waals surface area contributed by atoms with Crippen molar-refractivity contribution in [3.05, 3.63) is 56.2 Å². The van der Waals surface area contributed by atoms with Crippen LogP contribution in [-0.4, -0.2) is 18.0 Å². The van der Waals surface area contributed by atoms with Gasteiger partial charge in [-0.1, -0.05) is 29.3 Å². The lowest BCUT2D eigenvalue weighted by Gasteiger charge is -2.19. The SMILES string of the molecule is C[C@H](OC(=O)Cc1ccsc1)C(=O)N[C@@H](C)c1ccc(Cl)cc1Cl. The normalized spacial score (nSPS) is 13.2. The van der Waals surface area contributed by atoms with Crippen molar-refractivity contribution in [2.24, 2.45) is 0 Å². The highest BCUT2D eigenvalue weighted by Gasteiger charge is 2.21. The Labute approximate surface area is 154 Å². The predicted molar refractivity (Wildman–Crippen MR) is 96.6 cm³/mol. The van der Waals surface area contributed by atoms with Gasteiger partial charge in [-0.25, -0.2) is 0 Å². The Morgan fingerprint density at radius 2 is 2.00 bits per heavy atom. The standard InChI is InChI=1S/C17H17Cl2NO3S/c1-10(14-4-3-13(18)8-15(14)19)20-17(22)11(2)23-16(21)7-12-5-6-24-9-12/h3-6,8-11H,7H2,1-2H3,(H,20,22)/t10-,11-/m0/s1. The first-order valence-corrected chi connectivity index (χ1v) is 9.02. The van der Waals surface area contributed by atoms with E-state index in [0.717, 1.165) is 11.1 Å². The molecule has 1 heterocycles. The summed E-state index contributed by atoms with van der Waals surface area (Å²) in [7, 11) is 0. The molecule has 2 aromatic rings. The topological polar surface area (TPSA) is 55.4 Å². The zero-order chi connectivity index (χ0) is 17.7. The third kappa shape index (κ3) is 5.23. The number of carbonyl (C=O) groups is 2. The number of esters is 1. The second-order valence-corrected chi connectivity index (χ2v) is 6.96. The molecular weight excluding hydrogens is 369 g/mol. The van der Waals surface area contributed by atoms with Gasteiger partial charge in [-0.2, -0.15) is 11.3 Å². The minimum Gasteiger partial charge on any atom is -0.452 e. The summed E-state index contributed by atoms with van der Waals surface area (Å²) in [6.07, 6.45) is -0.732. The molecule has 1 aromatic heterocycles. The number of halogens is 2. The van der Waals surface area contributed by atoms with E-state index < -0.39 is 12.1 Å². The molecule has 0 spiro atoms. The van der Waals surface area contributed by atoms with Crippen LogP contribution in [0.5, 0.6) is 0 Å². The number of nitrogens with one attached hydrogen (secondary N) is 1. The minimum absolute atomic E-state index is 0.152. The lowest BCUT2D eigenvalue weighted by atomic mass is 10.1. The molecule has 0 aliphatic carbocycles. The number of rotatable bonds is 6. The van der Waals surface area contributed by atoms with Crippen LogP contribution in [0.25, 0.3) is 0 Å². The maximum absolute atomic E-state index is 12.2. The van der Waals surface area contributed by atoms with E-state index in [-0.39, 0.29) is 18.4 Å². The van der Waals surface area contributed by atoms with Crippen molar-refractivity contribution in [3.63, 3.8) is 0 Å². The third-order valence-electron chi connectivity index (χ3n) is 3.39. The zero-order valence-electron chi connectivity index (χ0n) is 13.2. The molecule has 0 saturated carbocycles. The maximum atomic E-state index is 12.2.